The van der Waals surface area contributed by atoms with Crippen LogP contribution in [0.4, 0.5) is 0 Å². The Bertz CT molecular complexity index is 288. The van der Waals surface area contributed by atoms with Gasteiger partial charge in [-0.25, -0.2) is 0 Å². The average molecular weight is 241 g/mol. The van der Waals surface area contributed by atoms with Gasteiger partial charge in [-0.1, -0.05) is 0 Å². The average Bonchev–Trinajstić information content (AvgIpc) is 2.51. The zero-order valence-corrected chi connectivity index (χ0v) is 11.8. The summed E-state index contributed by atoms with van der Waals surface area (Å²) in [7, 11) is -0.144. The van der Waals surface area contributed by atoms with E-state index < -0.39 is 0 Å². The van der Waals surface area contributed by atoms with E-state index in [2.05, 4.69) is 33.0 Å². The van der Waals surface area contributed by atoms with E-state index in [1.54, 1.807) is 0 Å². The Balaban J connectivity index is 1.91. The van der Waals surface area contributed by atoms with Crippen molar-refractivity contribution in [1.29, 1.82) is 0 Å². The summed E-state index contributed by atoms with van der Waals surface area (Å²) in [5, 5.41) is 3.43. The monoisotopic (exact) mass is 241 g/mol. The van der Waals surface area contributed by atoms with Crippen LogP contribution in [0.15, 0.2) is 0 Å². The summed E-state index contributed by atoms with van der Waals surface area (Å²) in [5.41, 5.74) is -0.715. The van der Waals surface area contributed by atoms with Crippen LogP contribution in [0.25, 0.3) is 0 Å². The van der Waals surface area contributed by atoms with Gasteiger partial charge in [-0.15, -0.1) is 0 Å². The van der Waals surface area contributed by atoms with Crippen LogP contribution in [0, 0.1) is 0 Å². The first-order chi connectivity index (χ1) is 7.61. The molecule has 2 heterocycles. The lowest BCUT2D eigenvalue weighted by Crippen LogP contribution is -2.41. The van der Waals surface area contributed by atoms with Crippen molar-refractivity contribution in [2.45, 2.75) is 70.8 Å². The summed E-state index contributed by atoms with van der Waals surface area (Å²) < 4.78 is 17.6. The van der Waals surface area contributed by atoms with Crippen molar-refractivity contribution >= 4 is 7.12 Å². The molecule has 0 spiro atoms. The zero-order valence-electron chi connectivity index (χ0n) is 11.8. The predicted molar refractivity (Wildman–Crippen MR) is 67.8 cm³/mol. The van der Waals surface area contributed by atoms with Crippen molar-refractivity contribution in [3.63, 3.8) is 0 Å². The molecule has 5 heteroatoms. The molecule has 0 aromatic rings. The van der Waals surface area contributed by atoms with Crippen molar-refractivity contribution in [3.8, 4) is 0 Å². The second kappa shape index (κ2) is 3.95. The highest BCUT2D eigenvalue weighted by molar-refractivity contribution is 6.45. The van der Waals surface area contributed by atoms with E-state index in [0.29, 0.717) is 6.04 Å². The van der Waals surface area contributed by atoms with Gasteiger partial charge in [0.05, 0.1) is 17.8 Å². The van der Waals surface area contributed by atoms with Crippen molar-refractivity contribution in [1.82, 2.24) is 5.32 Å². The molecule has 1 atom stereocenters. The minimum absolute atomic E-state index is 0.144. The van der Waals surface area contributed by atoms with Gasteiger partial charge in [0, 0.05) is 6.04 Å². The Hall–Kier alpha value is -0.0951. The normalized spacial score (nSPS) is 34.2. The molecule has 0 aliphatic carbocycles. The lowest BCUT2D eigenvalue weighted by atomic mass is 9.81. The Morgan fingerprint density at radius 1 is 1.06 bits per heavy atom. The van der Waals surface area contributed by atoms with Crippen molar-refractivity contribution in [2.24, 2.45) is 0 Å². The molecule has 1 N–H and O–H groups in total. The van der Waals surface area contributed by atoms with Gasteiger partial charge in [0.15, 0.2) is 0 Å². The maximum atomic E-state index is 5.98. The van der Waals surface area contributed by atoms with Gasteiger partial charge in [-0.3, -0.25) is 5.32 Å². The molecule has 17 heavy (non-hydrogen) atoms. The third kappa shape index (κ3) is 2.68. The van der Waals surface area contributed by atoms with Crippen molar-refractivity contribution in [3.05, 3.63) is 0 Å². The van der Waals surface area contributed by atoms with E-state index >= 15 is 0 Å². The molecule has 1 unspecified atom stereocenters. The van der Waals surface area contributed by atoms with Gasteiger partial charge < -0.3 is 14.0 Å². The molecule has 2 aliphatic heterocycles. The Kier molecular flexibility index (Phi) is 3.10. The number of hydrogen-bond donors (Lipinski definition) is 1. The van der Waals surface area contributed by atoms with Gasteiger partial charge >= 0.3 is 7.12 Å². The lowest BCUT2D eigenvalue weighted by molar-refractivity contribution is 0.00578. The molecule has 98 valence electrons. The summed E-state index contributed by atoms with van der Waals surface area (Å²) in [6, 6.07) is 0.305. The Morgan fingerprint density at radius 2 is 1.59 bits per heavy atom. The lowest BCUT2D eigenvalue weighted by Gasteiger charge is -2.32. The van der Waals surface area contributed by atoms with E-state index in [1.165, 1.54) is 0 Å². The highest BCUT2D eigenvalue weighted by atomic mass is 16.7. The van der Waals surface area contributed by atoms with Crippen molar-refractivity contribution < 1.29 is 14.0 Å². The highest BCUT2D eigenvalue weighted by Crippen LogP contribution is 2.38. The number of ether oxygens (including phenoxy) is 1. The predicted octanol–water partition coefficient (Wildman–Crippen LogP) is 1.80. The standard InChI is InChI=1S/C12H24BNO3/c1-10(2)11(3,4)17-13(16-10)7-9-8-15-12(5,6)14-9/h9,14H,7-8H2,1-6H3. The molecule has 0 saturated carbocycles. The first-order valence-corrected chi connectivity index (χ1v) is 6.39. The molecule has 0 radical (unpaired) electrons. The van der Waals surface area contributed by atoms with Crippen LogP contribution >= 0.6 is 0 Å². The maximum Gasteiger partial charge on any atom is 0.459 e. The first kappa shape index (κ1) is 13.3. The molecule has 0 amide bonds. The molecule has 0 aromatic heterocycles. The van der Waals surface area contributed by atoms with Crippen LogP contribution in [0.1, 0.15) is 41.5 Å². The fraction of sp³-hybridized carbons (Fsp3) is 1.00. The topological polar surface area (TPSA) is 39.7 Å². The zero-order chi connectivity index (χ0) is 12.9. The largest absolute Gasteiger partial charge is 0.459 e. The summed E-state index contributed by atoms with van der Waals surface area (Å²) in [5.74, 6) is 0. The molecule has 0 aromatic carbocycles. The number of hydrogen-bond acceptors (Lipinski definition) is 4. The molecule has 2 aliphatic rings. The summed E-state index contributed by atoms with van der Waals surface area (Å²) in [6.07, 6.45) is 0.830. The van der Waals surface area contributed by atoms with E-state index in [-0.39, 0.29) is 24.0 Å². The van der Waals surface area contributed by atoms with Gasteiger partial charge in [-0.2, -0.15) is 0 Å². The van der Waals surface area contributed by atoms with Crippen LogP contribution < -0.4 is 5.32 Å². The van der Waals surface area contributed by atoms with Crippen LogP contribution in [0.2, 0.25) is 6.32 Å². The molecular formula is C12H24BNO3. The quantitative estimate of drug-likeness (QED) is 0.748. The van der Waals surface area contributed by atoms with E-state index in [4.69, 9.17) is 14.0 Å². The molecular weight excluding hydrogens is 217 g/mol. The molecule has 2 rings (SSSR count). The van der Waals surface area contributed by atoms with E-state index in [1.807, 2.05) is 13.8 Å². The summed E-state index contributed by atoms with van der Waals surface area (Å²) in [4.78, 5) is 0. The second-order valence-corrected chi connectivity index (χ2v) is 6.58. The van der Waals surface area contributed by atoms with Crippen molar-refractivity contribution in [2.75, 3.05) is 6.61 Å². The maximum absolute atomic E-state index is 5.98. The summed E-state index contributed by atoms with van der Waals surface area (Å²) in [6.45, 7) is 13.1. The minimum Gasteiger partial charge on any atom is -0.403 e. The fourth-order valence-electron chi connectivity index (χ4n) is 2.30. The summed E-state index contributed by atoms with van der Waals surface area (Å²) >= 11 is 0. The molecule has 0 bridgehead atoms. The fourth-order valence-corrected chi connectivity index (χ4v) is 2.30. The SMILES string of the molecule is CC1(C)NC(CB2OC(C)(C)C(C)(C)O2)CO1. The van der Waals surface area contributed by atoms with Gasteiger partial charge in [0.25, 0.3) is 0 Å². The third-order valence-electron chi connectivity index (χ3n) is 3.98. The van der Waals surface area contributed by atoms with Gasteiger partial charge in [0.2, 0.25) is 0 Å². The highest BCUT2D eigenvalue weighted by Gasteiger charge is 2.52. The minimum atomic E-state index is -0.243. The van der Waals surface area contributed by atoms with E-state index in [0.717, 1.165) is 12.9 Å². The molecule has 4 nitrogen and oxygen atoms in total. The second-order valence-electron chi connectivity index (χ2n) is 6.58. The number of rotatable bonds is 2. The van der Waals surface area contributed by atoms with Crippen LogP contribution in [0.5, 0.6) is 0 Å². The first-order valence-electron chi connectivity index (χ1n) is 6.39. The Morgan fingerprint density at radius 3 is 2.00 bits per heavy atom. The Labute approximate surface area is 105 Å². The van der Waals surface area contributed by atoms with Crippen LogP contribution in [0.3, 0.4) is 0 Å². The van der Waals surface area contributed by atoms with Crippen LogP contribution in [-0.4, -0.2) is 36.7 Å². The van der Waals surface area contributed by atoms with Gasteiger partial charge in [0.1, 0.15) is 5.72 Å². The molecule has 2 fully saturated rings. The smallest absolute Gasteiger partial charge is 0.403 e. The third-order valence-corrected chi connectivity index (χ3v) is 3.98. The van der Waals surface area contributed by atoms with Gasteiger partial charge in [-0.05, 0) is 47.9 Å². The van der Waals surface area contributed by atoms with Crippen LogP contribution in [-0.2, 0) is 14.0 Å². The van der Waals surface area contributed by atoms with E-state index in [9.17, 15) is 0 Å². The number of nitrogens with one attached hydrogen (secondary N) is 1. The molecule has 2 saturated heterocycles.